The van der Waals surface area contributed by atoms with E-state index in [1.165, 1.54) is 0 Å². The molecule has 94 valence electrons. The molecular formula is C12H17NO3S. The highest BCUT2D eigenvalue weighted by molar-refractivity contribution is 7.84. The van der Waals surface area contributed by atoms with Gasteiger partial charge in [-0.25, -0.2) is 0 Å². The molecule has 1 aromatic carbocycles. The van der Waals surface area contributed by atoms with E-state index in [9.17, 15) is 14.1 Å². The van der Waals surface area contributed by atoms with E-state index in [-0.39, 0.29) is 18.9 Å². The summed E-state index contributed by atoms with van der Waals surface area (Å²) in [6, 6.07) is 8.88. The Morgan fingerprint density at radius 1 is 1.41 bits per heavy atom. The molecule has 0 spiro atoms. The van der Waals surface area contributed by atoms with E-state index in [4.69, 9.17) is 0 Å². The quantitative estimate of drug-likeness (QED) is 0.782. The lowest BCUT2D eigenvalue weighted by molar-refractivity contribution is -0.121. The second kappa shape index (κ2) is 7.19. The van der Waals surface area contributed by atoms with Gasteiger partial charge >= 0.3 is 0 Å². The number of aliphatic hydroxyl groups excluding tert-OH is 1. The van der Waals surface area contributed by atoms with Crippen molar-refractivity contribution >= 4 is 16.7 Å². The Morgan fingerprint density at radius 3 is 2.59 bits per heavy atom. The number of carbonyl (C=O) groups is 1. The largest absolute Gasteiger partial charge is 0.394 e. The fourth-order valence-corrected chi connectivity index (χ4v) is 1.90. The summed E-state index contributed by atoms with van der Waals surface area (Å²) in [5, 5.41) is 11.9. The van der Waals surface area contributed by atoms with Crippen molar-refractivity contribution in [2.45, 2.75) is 12.5 Å². The third kappa shape index (κ3) is 5.10. The molecule has 2 atom stereocenters. The molecule has 1 rings (SSSR count). The van der Waals surface area contributed by atoms with E-state index in [0.717, 1.165) is 5.56 Å². The SMILES string of the molecule is CS(=O)CCC(=O)N[C@H](CO)c1ccccc1. The molecule has 0 aromatic heterocycles. The molecule has 17 heavy (non-hydrogen) atoms. The minimum absolute atomic E-state index is 0.148. The second-order valence-electron chi connectivity index (χ2n) is 3.74. The fourth-order valence-electron chi connectivity index (χ4n) is 1.42. The van der Waals surface area contributed by atoms with Gasteiger partial charge in [-0.05, 0) is 5.56 Å². The van der Waals surface area contributed by atoms with Crippen molar-refractivity contribution in [3.8, 4) is 0 Å². The maximum Gasteiger partial charge on any atom is 0.221 e. The average molecular weight is 255 g/mol. The van der Waals surface area contributed by atoms with Gasteiger partial charge in [0.1, 0.15) is 0 Å². The highest BCUT2D eigenvalue weighted by Gasteiger charge is 2.13. The van der Waals surface area contributed by atoms with Gasteiger partial charge in [-0.3, -0.25) is 9.00 Å². The molecule has 1 unspecified atom stereocenters. The van der Waals surface area contributed by atoms with Crippen molar-refractivity contribution in [1.29, 1.82) is 0 Å². The molecule has 0 saturated heterocycles. The van der Waals surface area contributed by atoms with Crippen LogP contribution in [0.25, 0.3) is 0 Å². The second-order valence-corrected chi connectivity index (χ2v) is 5.30. The maximum atomic E-state index is 11.5. The Morgan fingerprint density at radius 2 is 2.06 bits per heavy atom. The lowest BCUT2D eigenvalue weighted by Crippen LogP contribution is -2.31. The minimum atomic E-state index is -0.971. The normalized spacial score (nSPS) is 14.0. The number of nitrogens with one attached hydrogen (secondary N) is 1. The number of hydrogen-bond donors (Lipinski definition) is 2. The molecule has 0 radical (unpaired) electrons. The van der Waals surface area contributed by atoms with Gasteiger partial charge in [0, 0.05) is 29.2 Å². The van der Waals surface area contributed by atoms with Crippen LogP contribution in [0.15, 0.2) is 30.3 Å². The van der Waals surface area contributed by atoms with Crippen LogP contribution in [0.5, 0.6) is 0 Å². The van der Waals surface area contributed by atoms with Crippen LogP contribution in [0.1, 0.15) is 18.0 Å². The predicted molar refractivity (Wildman–Crippen MR) is 68.0 cm³/mol. The number of amides is 1. The van der Waals surface area contributed by atoms with Gasteiger partial charge in [0.2, 0.25) is 5.91 Å². The van der Waals surface area contributed by atoms with Crippen molar-refractivity contribution in [3.63, 3.8) is 0 Å². The van der Waals surface area contributed by atoms with Crippen LogP contribution in [0.4, 0.5) is 0 Å². The van der Waals surface area contributed by atoms with E-state index in [0.29, 0.717) is 5.75 Å². The lowest BCUT2D eigenvalue weighted by Gasteiger charge is -2.16. The van der Waals surface area contributed by atoms with Crippen molar-refractivity contribution in [1.82, 2.24) is 5.32 Å². The molecule has 0 aliphatic heterocycles. The van der Waals surface area contributed by atoms with Crippen molar-refractivity contribution in [2.24, 2.45) is 0 Å². The number of hydrogen-bond acceptors (Lipinski definition) is 3. The summed E-state index contributed by atoms with van der Waals surface area (Å²) in [4.78, 5) is 11.5. The van der Waals surface area contributed by atoms with E-state index in [2.05, 4.69) is 5.32 Å². The highest BCUT2D eigenvalue weighted by atomic mass is 32.2. The topological polar surface area (TPSA) is 66.4 Å². The van der Waals surface area contributed by atoms with Crippen LogP contribution < -0.4 is 5.32 Å². The summed E-state index contributed by atoms with van der Waals surface area (Å²) < 4.78 is 10.9. The molecule has 5 heteroatoms. The molecule has 1 amide bonds. The predicted octanol–water partition coefficient (Wildman–Crippen LogP) is 0.605. The van der Waals surface area contributed by atoms with E-state index < -0.39 is 16.8 Å². The molecule has 0 fully saturated rings. The zero-order valence-electron chi connectivity index (χ0n) is 9.76. The molecular weight excluding hydrogens is 238 g/mol. The summed E-state index contributed by atoms with van der Waals surface area (Å²) in [6.45, 7) is -0.148. The van der Waals surface area contributed by atoms with Crippen LogP contribution in [0.3, 0.4) is 0 Å². The molecule has 0 saturated carbocycles. The summed E-state index contributed by atoms with van der Waals surface area (Å²) in [5.41, 5.74) is 0.862. The molecule has 1 aromatic rings. The number of carbonyl (C=O) groups excluding carboxylic acids is 1. The summed E-state index contributed by atoms with van der Waals surface area (Å²) in [5.74, 6) is 0.154. The number of aliphatic hydroxyl groups is 1. The first-order valence-electron chi connectivity index (χ1n) is 5.38. The fraction of sp³-hybridized carbons (Fsp3) is 0.417. The Hall–Kier alpha value is -1.20. The summed E-state index contributed by atoms with van der Waals surface area (Å²) >= 11 is 0. The maximum absolute atomic E-state index is 11.5. The highest BCUT2D eigenvalue weighted by Crippen LogP contribution is 2.11. The molecule has 0 bridgehead atoms. The van der Waals surface area contributed by atoms with Crippen molar-refractivity contribution in [3.05, 3.63) is 35.9 Å². The first-order valence-corrected chi connectivity index (χ1v) is 7.11. The van der Waals surface area contributed by atoms with Gasteiger partial charge in [0.25, 0.3) is 0 Å². The molecule has 4 nitrogen and oxygen atoms in total. The Kier molecular flexibility index (Phi) is 5.86. The third-order valence-corrected chi connectivity index (χ3v) is 3.12. The van der Waals surface area contributed by atoms with Gasteiger partial charge in [-0.15, -0.1) is 0 Å². The van der Waals surface area contributed by atoms with Crippen LogP contribution >= 0.6 is 0 Å². The van der Waals surface area contributed by atoms with Gasteiger partial charge in [-0.2, -0.15) is 0 Å². The Bertz CT molecular complexity index is 381. The standard InChI is InChI=1S/C12H17NO3S/c1-17(16)8-7-12(15)13-11(9-14)10-5-3-2-4-6-10/h2-6,11,14H,7-9H2,1H3,(H,13,15)/t11-,17?/m1/s1. The van der Waals surface area contributed by atoms with Gasteiger partial charge < -0.3 is 10.4 Å². The van der Waals surface area contributed by atoms with Crippen molar-refractivity contribution < 1.29 is 14.1 Å². The zero-order valence-corrected chi connectivity index (χ0v) is 10.6. The lowest BCUT2D eigenvalue weighted by atomic mass is 10.1. The van der Waals surface area contributed by atoms with Crippen LogP contribution in [-0.2, 0) is 15.6 Å². The zero-order chi connectivity index (χ0) is 12.7. The monoisotopic (exact) mass is 255 g/mol. The van der Waals surface area contributed by atoms with Crippen molar-refractivity contribution in [2.75, 3.05) is 18.6 Å². The Labute approximate surface area is 104 Å². The van der Waals surface area contributed by atoms with E-state index in [1.807, 2.05) is 30.3 Å². The molecule has 2 N–H and O–H groups in total. The number of rotatable bonds is 6. The third-order valence-electron chi connectivity index (χ3n) is 2.34. The smallest absolute Gasteiger partial charge is 0.221 e. The average Bonchev–Trinajstić information content (AvgIpc) is 2.34. The Balaban J connectivity index is 2.53. The molecule has 0 aliphatic rings. The van der Waals surface area contributed by atoms with Crippen LogP contribution in [0.2, 0.25) is 0 Å². The summed E-state index contributed by atoms with van der Waals surface area (Å²) in [7, 11) is -0.971. The minimum Gasteiger partial charge on any atom is -0.394 e. The number of benzene rings is 1. The van der Waals surface area contributed by atoms with Crippen LogP contribution in [0, 0.1) is 0 Å². The molecule has 0 aliphatic carbocycles. The van der Waals surface area contributed by atoms with Gasteiger partial charge in [0.15, 0.2) is 0 Å². The van der Waals surface area contributed by atoms with Gasteiger partial charge in [-0.1, -0.05) is 30.3 Å². The van der Waals surface area contributed by atoms with Crippen LogP contribution in [-0.4, -0.2) is 33.8 Å². The summed E-state index contributed by atoms with van der Waals surface area (Å²) in [6.07, 6.45) is 1.78. The first-order chi connectivity index (χ1) is 8.13. The van der Waals surface area contributed by atoms with E-state index in [1.54, 1.807) is 6.26 Å². The van der Waals surface area contributed by atoms with E-state index >= 15 is 0 Å². The first kappa shape index (κ1) is 13.9. The molecule has 0 heterocycles. The van der Waals surface area contributed by atoms with Gasteiger partial charge in [0.05, 0.1) is 12.6 Å².